The summed E-state index contributed by atoms with van der Waals surface area (Å²) in [6, 6.07) is 1.77. The first-order valence-electron chi connectivity index (χ1n) is 5.82. The number of hydrogen-bond acceptors (Lipinski definition) is 6. The topological polar surface area (TPSA) is 92.0 Å². The zero-order valence-corrected chi connectivity index (χ0v) is 10.5. The molecule has 0 spiro atoms. The number of methoxy groups -OCH3 is 1. The van der Waals surface area contributed by atoms with Gasteiger partial charge in [0, 0.05) is 13.2 Å². The Balaban J connectivity index is 2.01. The Labute approximate surface area is 105 Å². The lowest BCUT2D eigenvalue weighted by atomic mass is 10.2. The molecule has 18 heavy (non-hydrogen) atoms. The van der Waals surface area contributed by atoms with Gasteiger partial charge >= 0.3 is 0 Å². The Morgan fingerprint density at radius 2 is 2.39 bits per heavy atom. The zero-order chi connectivity index (χ0) is 13.0. The highest BCUT2D eigenvalue weighted by atomic mass is 16.5. The van der Waals surface area contributed by atoms with E-state index in [2.05, 4.69) is 15.5 Å². The average molecular weight is 251 g/mol. The highest BCUT2D eigenvalue weighted by Crippen LogP contribution is 2.11. The Hall–Kier alpha value is -1.73. The van der Waals surface area contributed by atoms with Crippen LogP contribution < -0.4 is 5.73 Å². The van der Waals surface area contributed by atoms with Crippen molar-refractivity contribution in [2.45, 2.75) is 32.5 Å². The van der Waals surface area contributed by atoms with E-state index in [4.69, 9.17) is 15.0 Å². The second-order valence-electron chi connectivity index (χ2n) is 4.07. The van der Waals surface area contributed by atoms with Gasteiger partial charge in [-0.05, 0) is 6.42 Å². The van der Waals surface area contributed by atoms with Gasteiger partial charge in [0.1, 0.15) is 12.3 Å². The van der Waals surface area contributed by atoms with Gasteiger partial charge in [0.2, 0.25) is 0 Å². The molecule has 2 rings (SSSR count). The Morgan fingerprint density at radius 1 is 1.56 bits per heavy atom. The van der Waals surface area contributed by atoms with E-state index in [-0.39, 0.29) is 6.04 Å². The smallest absolute Gasteiger partial charge is 0.162 e. The van der Waals surface area contributed by atoms with Gasteiger partial charge in [-0.25, -0.2) is 4.68 Å². The molecule has 0 aliphatic rings. The third kappa shape index (κ3) is 2.93. The van der Waals surface area contributed by atoms with Gasteiger partial charge in [-0.2, -0.15) is 0 Å². The van der Waals surface area contributed by atoms with Crippen LogP contribution in [0.4, 0.5) is 0 Å². The SMILES string of the molecule is CCC(N)c1cn(Cc2cc(COC)on2)nn1. The summed E-state index contributed by atoms with van der Waals surface area (Å²) in [5.74, 6) is 0.693. The molecule has 7 heteroatoms. The Morgan fingerprint density at radius 3 is 3.11 bits per heavy atom. The van der Waals surface area contributed by atoms with Crippen molar-refractivity contribution in [1.29, 1.82) is 0 Å². The van der Waals surface area contributed by atoms with Crippen LogP contribution in [-0.4, -0.2) is 27.3 Å². The third-order valence-corrected chi connectivity index (χ3v) is 2.59. The molecular weight excluding hydrogens is 234 g/mol. The summed E-state index contributed by atoms with van der Waals surface area (Å²) in [4.78, 5) is 0. The molecule has 0 amide bonds. The second kappa shape index (κ2) is 5.74. The van der Waals surface area contributed by atoms with Gasteiger partial charge in [0.25, 0.3) is 0 Å². The van der Waals surface area contributed by atoms with Crippen LogP contribution in [0.3, 0.4) is 0 Å². The minimum absolute atomic E-state index is 0.0693. The van der Waals surface area contributed by atoms with Gasteiger partial charge in [-0.3, -0.25) is 0 Å². The molecule has 2 N–H and O–H groups in total. The van der Waals surface area contributed by atoms with E-state index in [0.29, 0.717) is 18.9 Å². The molecule has 0 saturated carbocycles. The fourth-order valence-corrected chi connectivity index (χ4v) is 1.58. The van der Waals surface area contributed by atoms with Crippen molar-refractivity contribution >= 4 is 0 Å². The maximum atomic E-state index is 5.88. The fourth-order valence-electron chi connectivity index (χ4n) is 1.58. The number of aromatic nitrogens is 4. The van der Waals surface area contributed by atoms with Gasteiger partial charge in [0.05, 0.1) is 24.5 Å². The Bertz CT molecular complexity index is 493. The number of nitrogens with zero attached hydrogens (tertiary/aromatic N) is 4. The van der Waals surface area contributed by atoms with Crippen LogP contribution in [0.1, 0.15) is 36.5 Å². The summed E-state index contributed by atoms with van der Waals surface area (Å²) in [5.41, 5.74) is 7.45. The molecule has 98 valence electrons. The summed E-state index contributed by atoms with van der Waals surface area (Å²) in [6.07, 6.45) is 2.67. The molecule has 0 aliphatic carbocycles. The largest absolute Gasteiger partial charge is 0.377 e. The summed E-state index contributed by atoms with van der Waals surface area (Å²) in [5, 5.41) is 12.0. The zero-order valence-electron chi connectivity index (χ0n) is 10.5. The van der Waals surface area contributed by atoms with Crippen molar-refractivity contribution < 1.29 is 9.26 Å². The first-order valence-corrected chi connectivity index (χ1v) is 5.82. The van der Waals surface area contributed by atoms with Crippen LogP contribution in [0.2, 0.25) is 0 Å². The van der Waals surface area contributed by atoms with Crippen molar-refractivity contribution in [2.75, 3.05) is 7.11 Å². The van der Waals surface area contributed by atoms with E-state index >= 15 is 0 Å². The first kappa shape index (κ1) is 12.7. The minimum Gasteiger partial charge on any atom is -0.377 e. The van der Waals surface area contributed by atoms with E-state index in [9.17, 15) is 0 Å². The van der Waals surface area contributed by atoms with Crippen LogP contribution >= 0.6 is 0 Å². The number of ether oxygens (including phenoxy) is 1. The van der Waals surface area contributed by atoms with Gasteiger partial charge in [-0.15, -0.1) is 5.10 Å². The third-order valence-electron chi connectivity index (χ3n) is 2.59. The molecule has 1 atom stereocenters. The summed E-state index contributed by atoms with van der Waals surface area (Å²) in [7, 11) is 1.61. The first-order chi connectivity index (χ1) is 8.72. The molecule has 0 aromatic carbocycles. The molecule has 1 unspecified atom stereocenters. The van der Waals surface area contributed by atoms with Crippen LogP contribution in [0, 0.1) is 0 Å². The molecule has 2 aromatic heterocycles. The summed E-state index contributed by atoms with van der Waals surface area (Å²) < 4.78 is 11.7. The van der Waals surface area contributed by atoms with Crippen molar-refractivity contribution in [1.82, 2.24) is 20.2 Å². The minimum atomic E-state index is -0.0693. The predicted molar refractivity (Wildman–Crippen MR) is 63.6 cm³/mol. The van der Waals surface area contributed by atoms with E-state index < -0.39 is 0 Å². The van der Waals surface area contributed by atoms with E-state index in [1.165, 1.54) is 0 Å². The van der Waals surface area contributed by atoms with E-state index in [1.807, 2.05) is 19.2 Å². The molecule has 0 fully saturated rings. The molecule has 0 radical (unpaired) electrons. The van der Waals surface area contributed by atoms with Crippen molar-refractivity contribution in [2.24, 2.45) is 5.73 Å². The highest BCUT2D eigenvalue weighted by Gasteiger charge is 2.10. The van der Waals surface area contributed by atoms with Gasteiger partial charge < -0.3 is 15.0 Å². The lowest BCUT2D eigenvalue weighted by Crippen LogP contribution is -2.08. The van der Waals surface area contributed by atoms with E-state index in [0.717, 1.165) is 17.8 Å². The van der Waals surface area contributed by atoms with Crippen LogP contribution in [-0.2, 0) is 17.9 Å². The monoisotopic (exact) mass is 251 g/mol. The number of rotatable bonds is 6. The van der Waals surface area contributed by atoms with Crippen LogP contribution in [0.5, 0.6) is 0 Å². The maximum Gasteiger partial charge on any atom is 0.162 e. The van der Waals surface area contributed by atoms with Gasteiger partial charge in [-0.1, -0.05) is 17.3 Å². The molecule has 0 bridgehead atoms. The van der Waals surface area contributed by atoms with Crippen LogP contribution in [0.15, 0.2) is 16.8 Å². The average Bonchev–Trinajstić information content (AvgIpc) is 2.99. The predicted octanol–water partition coefficient (Wildman–Crippen LogP) is 0.871. The molecule has 7 nitrogen and oxygen atoms in total. The summed E-state index contributed by atoms with van der Waals surface area (Å²) in [6.45, 7) is 2.94. The molecular formula is C11H17N5O2. The van der Waals surface area contributed by atoms with E-state index in [1.54, 1.807) is 11.8 Å². The Kier molecular flexibility index (Phi) is 4.06. The fraction of sp³-hybridized carbons (Fsp3) is 0.545. The maximum absolute atomic E-state index is 5.88. The number of nitrogens with two attached hydrogens (primary N) is 1. The molecule has 2 aromatic rings. The number of hydrogen-bond donors (Lipinski definition) is 1. The van der Waals surface area contributed by atoms with Crippen molar-refractivity contribution in [3.63, 3.8) is 0 Å². The lowest BCUT2D eigenvalue weighted by Gasteiger charge is -2.01. The quantitative estimate of drug-likeness (QED) is 0.819. The second-order valence-corrected chi connectivity index (χ2v) is 4.07. The highest BCUT2D eigenvalue weighted by molar-refractivity contribution is 5.06. The van der Waals surface area contributed by atoms with Crippen molar-refractivity contribution in [3.05, 3.63) is 29.4 Å². The lowest BCUT2D eigenvalue weighted by molar-refractivity contribution is 0.155. The van der Waals surface area contributed by atoms with Crippen molar-refractivity contribution in [3.8, 4) is 0 Å². The van der Waals surface area contributed by atoms with Gasteiger partial charge in [0.15, 0.2) is 5.76 Å². The standard InChI is InChI=1S/C11H17N5O2/c1-3-10(12)11-6-16(15-13-11)5-8-4-9(7-17-2)18-14-8/h4,6,10H,3,5,7,12H2,1-2H3. The molecule has 2 heterocycles. The molecule has 0 saturated heterocycles. The van der Waals surface area contributed by atoms with Crippen LogP contribution in [0.25, 0.3) is 0 Å². The summed E-state index contributed by atoms with van der Waals surface area (Å²) >= 11 is 0. The molecule has 0 aliphatic heterocycles. The normalized spacial score (nSPS) is 12.8.